The number of aliphatic hydroxyl groups excluding tert-OH is 1. The van der Waals surface area contributed by atoms with Gasteiger partial charge in [0, 0.05) is 12.6 Å². The summed E-state index contributed by atoms with van der Waals surface area (Å²) in [5, 5.41) is 8.63. The summed E-state index contributed by atoms with van der Waals surface area (Å²) in [5.41, 5.74) is 6.90. The predicted octanol–water partition coefficient (Wildman–Crippen LogP) is 2.64. The van der Waals surface area contributed by atoms with Crippen LogP contribution >= 0.6 is 0 Å². The van der Waals surface area contributed by atoms with E-state index < -0.39 is 0 Å². The Morgan fingerprint density at radius 2 is 1.76 bits per heavy atom. The second kappa shape index (κ2) is 8.09. The van der Waals surface area contributed by atoms with E-state index in [9.17, 15) is 0 Å². The molecule has 0 fully saturated rings. The fraction of sp³-hybridized carbons (Fsp3) is 0.571. The van der Waals surface area contributed by atoms with Crippen molar-refractivity contribution in [3.05, 3.63) is 29.8 Å². The first kappa shape index (κ1) is 14.0. The minimum atomic E-state index is 0.0718. The number of nitrogens with two attached hydrogens (primary N) is 1. The van der Waals surface area contributed by atoms with E-state index >= 15 is 0 Å². The van der Waals surface area contributed by atoms with Gasteiger partial charge in [-0.1, -0.05) is 18.6 Å². The summed E-state index contributed by atoms with van der Waals surface area (Å²) in [5.74, 6) is 0.900. The summed E-state index contributed by atoms with van der Waals surface area (Å²) in [4.78, 5) is 0. The third-order valence-electron chi connectivity index (χ3n) is 2.73. The number of unbranched alkanes of at least 4 members (excludes halogenated alkanes) is 3. The lowest BCUT2D eigenvalue weighted by molar-refractivity contribution is 0.273. The van der Waals surface area contributed by atoms with Gasteiger partial charge < -0.3 is 15.6 Å². The molecular weight excluding hydrogens is 214 g/mol. The van der Waals surface area contributed by atoms with E-state index in [1.165, 1.54) is 0 Å². The normalized spacial score (nSPS) is 12.4. The Hall–Kier alpha value is -1.06. The SMILES string of the molecule is C[C@H](N)c1ccc(OCCCCCCO)cc1. The van der Waals surface area contributed by atoms with Crippen LogP contribution in [0, 0.1) is 0 Å². The molecule has 0 saturated heterocycles. The van der Waals surface area contributed by atoms with Crippen molar-refractivity contribution in [3.63, 3.8) is 0 Å². The molecule has 0 aromatic heterocycles. The molecule has 0 amide bonds. The highest BCUT2D eigenvalue weighted by atomic mass is 16.5. The zero-order valence-corrected chi connectivity index (χ0v) is 10.6. The van der Waals surface area contributed by atoms with E-state index in [0.717, 1.165) is 43.6 Å². The van der Waals surface area contributed by atoms with Gasteiger partial charge in [0.2, 0.25) is 0 Å². The number of ether oxygens (including phenoxy) is 1. The highest BCUT2D eigenvalue weighted by Gasteiger charge is 1.99. The Morgan fingerprint density at radius 3 is 2.35 bits per heavy atom. The molecule has 3 heteroatoms. The van der Waals surface area contributed by atoms with Gasteiger partial charge in [-0.3, -0.25) is 0 Å². The minimum Gasteiger partial charge on any atom is -0.494 e. The van der Waals surface area contributed by atoms with E-state index in [-0.39, 0.29) is 6.04 Å². The molecule has 3 nitrogen and oxygen atoms in total. The Labute approximate surface area is 104 Å². The van der Waals surface area contributed by atoms with Gasteiger partial charge in [0.25, 0.3) is 0 Å². The van der Waals surface area contributed by atoms with Crippen molar-refractivity contribution in [1.29, 1.82) is 0 Å². The summed E-state index contributed by atoms with van der Waals surface area (Å²) in [6, 6.07) is 8.01. The molecule has 1 atom stereocenters. The number of aliphatic hydroxyl groups is 1. The van der Waals surface area contributed by atoms with Gasteiger partial charge >= 0.3 is 0 Å². The third-order valence-corrected chi connectivity index (χ3v) is 2.73. The van der Waals surface area contributed by atoms with Crippen LogP contribution in [0.2, 0.25) is 0 Å². The van der Waals surface area contributed by atoms with Crippen molar-refractivity contribution in [3.8, 4) is 5.75 Å². The van der Waals surface area contributed by atoms with E-state index in [0.29, 0.717) is 6.61 Å². The van der Waals surface area contributed by atoms with Crippen molar-refractivity contribution >= 4 is 0 Å². The van der Waals surface area contributed by atoms with Crippen LogP contribution in [0.15, 0.2) is 24.3 Å². The summed E-state index contributed by atoms with van der Waals surface area (Å²) < 4.78 is 5.62. The maximum atomic E-state index is 8.63. The first-order valence-electron chi connectivity index (χ1n) is 6.33. The molecule has 0 radical (unpaired) electrons. The van der Waals surface area contributed by atoms with Crippen LogP contribution < -0.4 is 10.5 Å². The summed E-state index contributed by atoms with van der Waals surface area (Å²) in [6.45, 7) is 3.00. The van der Waals surface area contributed by atoms with Crippen molar-refractivity contribution < 1.29 is 9.84 Å². The number of hydrogen-bond donors (Lipinski definition) is 2. The van der Waals surface area contributed by atoms with Crippen LogP contribution in [0.25, 0.3) is 0 Å². The Balaban J connectivity index is 2.19. The lowest BCUT2D eigenvalue weighted by Gasteiger charge is -2.08. The fourth-order valence-corrected chi connectivity index (χ4v) is 1.63. The molecule has 0 heterocycles. The van der Waals surface area contributed by atoms with E-state index in [4.69, 9.17) is 15.6 Å². The average Bonchev–Trinajstić information content (AvgIpc) is 2.34. The lowest BCUT2D eigenvalue weighted by atomic mass is 10.1. The van der Waals surface area contributed by atoms with Gasteiger partial charge in [-0.05, 0) is 43.9 Å². The first-order chi connectivity index (χ1) is 8.24. The average molecular weight is 237 g/mol. The van der Waals surface area contributed by atoms with Gasteiger partial charge in [0.15, 0.2) is 0 Å². The predicted molar refractivity (Wildman–Crippen MR) is 70.1 cm³/mol. The van der Waals surface area contributed by atoms with Crippen LogP contribution in [-0.2, 0) is 0 Å². The summed E-state index contributed by atoms with van der Waals surface area (Å²) >= 11 is 0. The summed E-state index contributed by atoms with van der Waals surface area (Å²) in [7, 11) is 0. The molecule has 1 rings (SSSR count). The third kappa shape index (κ3) is 5.71. The number of hydrogen-bond acceptors (Lipinski definition) is 3. The topological polar surface area (TPSA) is 55.5 Å². The molecular formula is C14H23NO2. The molecule has 96 valence electrons. The van der Waals surface area contributed by atoms with Crippen LogP contribution in [0.3, 0.4) is 0 Å². The van der Waals surface area contributed by atoms with Gasteiger partial charge in [0.05, 0.1) is 6.61 Å². The van der Waals surface area contributed by atoms with Gasteiger partial charge in [-0.25, -0.2) is 0 Å². The largest absolute Gasteiger partial charge is 0.494 e. The molecule has 0 aliphatic carbocycles. The van der Waals surface area contributed by atoms with Crippen molar-refractivity contribution in [2.75, 3.05) is 13.2 Å². The quantitative estimate of drug-likeness (QED) is 0.683. The molecule has 17 heavy (non-hydrogen) atoms. The Kier molecular flexibility index (Phi) is 6.67. The van der Waals surface area contributed by atoms with E-state index in [1.54, 1.807) is 0 Å². The molecule has 0 spiro atoms. The van der Waals surface area contributed by atoms with Gasteiger partial charge in [-0.15, -0.1) is 0 Å². The van der Waals surface area contributed by atoms with Crippen molar-refractivity contribution in [1.82, 2.24) is 0 Å². The van der Waals surface area contributed by atoms with Crippen LogP contribution in [0.4, 0.5) is 0 Å². The molecule has 1 aromatic carbocycles. The second-order valence-electron chi connectivity index (χ2n) is 4.34. The number of rotatable bonds is 8. The molecule has 1 aromatic rings. The minimum absolute atomic E-state index is 0.0718. The standard InChI is InChI=1S/C14H23NO2/c1-12(15)13-6-8-14(9-7-13)17-11-5-3-2-4-10-16/h6-9,12,16H,2-5,10-11,15H2,1H3/t12-/m0/s1. The molecule has 0 aliphatic rings. The van der Waals surface area contributed by atoms with Gasteiger partial charge in [-0.2, -0.15) is 0 Å². The van der Waals surface area contributed by atoms with Crippen molar-refractivity contribution in [2.45, 2.75) is 38.6 Å². The first-order valence-corrected chi connectivity index (χ1v) is 6.33. The maximum absolute atomic E-state index is 8.63. The molecule has 0 bridgehead atoms. The lowest BCUT2D eigenvalue weighted by Crippen LogP contribution is -2.04. The number of benzene rings is 1. The van der Waals surface area contributed by atoms with Crippen LogP contribution in [0.1, 0.15) is 44.2 Å². The highest BCUT2D eigenvalue weighted by molar-refractivity contribution is 5.28. The maximum Gasteiger partial charge on any atom is 0.119 e. The van der Waals surface area contributed by atoms with E-state index in [1.807, 2.05) is 31.2 Å². The molecule has 0 saturated carbocycles. The smallest absolute Gasteiger partial charge is 0.119 e. The molecule has 0 unspecified atom stereocenters. The van der Waals surface area contributed by atoms with Crippen molar-refractivity contribution in [2.24, 2.45) is 5.73 Å². The molecule has 0 aliphatic heterocycles. The fourth-order valence-electron chi connectivity index (χ4n) is 1.63. The molecule has 3 N–H and O–H groups in total. The van der Waals surface area contributed by atoms with Crippen LogP contribution in [-0.4, -0.2) is 18.3 Å². The Morgan fingerprint density at radius 1 is 1.12 bits per heavy atom. The highest BCUT2D eigenvalue weighted by Crippen LogP contribution is 2.16. The Bertz CT molecular complexity index is 296. The zero-order chi connectivity index (χ0) is 12.5. The summed E-state index contributed by atoms with van der Waals surface area (Å²) in [6.07, 6.45) is 4.11. The second-order valence-corrected chi connectivity index (χ2v) is 4.34. The monoisotopic (exact) mass is 237 g/mol. The van der Waals surface area contributed by atoms with E-state index in [2.05, 4.69) is 0 Å². The zero-order valence-electron chi connectivity index (χ0n) is 10.6. The van der Waals surface area contributed by atoms with Crippen LogP contribution in [0.5, 0.6) is 5.75 Å². The van der Waals surface area contributed by atoms with Gasteiger partial charge in [0.1, 0.15) is 5.75 Å².